The van der Waals surface area contributed by atoms with Gasteiger partial charge in [-0.25, -0.2) is 0 Å². The maximum Gasteiger partial charge on any atom is 0.229 e. The average Bonchev–Trinajstić information content (AvgIpc) is 2.77. The van der Waals surface area contributed by atoms with E-state index in [1.807, 2.05) is 27.7 Å². The van der Waals surface area contributed by atoms with Gasteiger partial charge in [-0.2, -0.15) is 0 Å². The molecule has 1 heterocycles. The first-order valence-corrected chi connectivity index (χ1v) is 7.35. The summed E-state index contributed by atoms with van der Waals surface area (Å²) in [5, 5.41) is 3.03. The molecule has 0 aliphatic carbocycles. The van der Waals surface area contributed by atoms with Gasteiger partial charge in [0.15, 0.2) is 0 Å². The lowest BCUT2D eigenvalue weighted by Crippen LogP contribution is -2.31. The van der Waals surface area contributed by atoms with E-state index in [-0.39, 0.29) is 11.8 Å². The van der Waals surface area contributed by atoms with E-state index in [0.717, 1.165) is 23.4 Å². The second-order valence-electron chi connectivity index (χ2n) is 6.84. The number of aryl methyl sites for hydroxylation is 2. The molecular weight excluding hydrogens is 264 g/mol. The molecule has 1 aromatic rings. The van der Waals surface area contributed by atoms with E-state index < -0.39 is 5.41 Å². The number of fused-ring (bicyclic) bond motifs is 1. The fraction of sp³-hybridized carbons (Fsp3) is 0.529. The third kappa shape index (κ3) is 2.80. The molecule has 0 saturated carbocycles. The number of hydrogen-bond acceptors (Lipinski definition) is 2. The van der Waals surface area contributed by atoms with Crippen molar-refractivity contribution in [3.8, 4) is 0 Å². The van der Waals surface area contributed by atoms with Gasteiger partial charge in [0.2, 0.25) is 11.8 Å². The summed E-state index contributed by atoms with van der Waals surface area (Å²) in [4.78, 5) is 26.0. The molecule has 114 valence electrons. The molecule has 0 unspecified atom stereocenters. The predicted molar refractivity (Wildman–Crippen MR) is 85.7 cm³/mol. The van der Waals surface area contributed by atoms with Crippen LogP contribution in [0.3, 0.4) is 0 Å². The number of nitrogens with one attached hydrogen (secondary N) is 1. The Balaban J connectivity index is 2.54. The van der Waals surface area contributed by atoms with Crippen LogP contribution in [0.5, 0.6) is 0 Å². The standard InChI is InChI=1S/C17H24N2O2/c1-10-9-11(2)14(18-16(21)17(4,5)6)15-13(10)7-8-19(15)12(3)20/h9H,7-8H2,1-6H3,(H,18,21). The topological polar surface area (TPSA) is 49.4 Å². The number of rotatable bonds is 1. The number of nitrogens with zero attached hydrogens (tertiary/aromatic N) is 1. The van der Waals surface area contributed by atoms with E-state index in [4.69, 9.17) is 0 Å². The second-order valence-corrected chi connectivity index (χ2v) is 6.84. The van der Waals surface area contributed by atoms with Crippen molar-refractivity contribution in [2.24, 2.45) is 5.41 Å². The largest absolute Gasteiger partial charge is 0.324 e. The predicted octanol–water partition coefficient (Wildman–Crippen LogP) is 3.20. The van der Waals surface area contributed by atoms with Gasteiger partial charge in [0.1, 0.15) is 0 Å². The Kier molecular flexibility index (Phi) is 3.83. The van der Waals surface area contributed by atoms with Gasteiger partial charge in [-0.15, -0.1) is 0 Å². The van der Waals surface area contributed by atoms with E-state index in [0.29, 0.717) is 6.54 Å². The molecule has 1 N–H and O–H groups in total. The molecule has 0 aromatic heterocycles. The van der Waals surface area contributed by atoms with Crippen LogP contribution in [0.1, 0.15) is 44.4 Å². The summed E-state index contributed by atoms with van der Waals surface area (Å²) in [6.45, 7) is 11.9. The van der Waals surface area contributed by atoms with Crippen molar-refractivity contribution in [1.29, 1.82) is 0 Å². The zero-order chi connectivity index (χ0) is 15.9. The Hall–Kier alpha value is -1.84. The second kappa shape index (κ2) is 5.17. The van der Waals surface area contributed by atoms with Gasteiger partial charge in [0, 0.05) is 18.9 Å². The summed E-state index contributed by atoms with van der Waals surface area (Å²) in [5.41, 5.74) is 4.54. The highest BCUT2D eigenvalue weighted by molar-refractivity contribution is 6.04. The first-order chi connectivity index (χ1) is 9.62. The van der Waals surface area contributed by atoms with Crippen LogP contribution in [-0.4, -0.2) is 18.4 Å². The van der Waals surface area contributed by atoms with Gasteiger partial charge in [-0.05, 0) is 37.0 Å². The molecule has 4 nitrogen and oxygen atoms in total. The molecule has 0 radical (unpaired) electrons. The molecule has 1 aliphatic rings. The van der Waals surface area contributed by atoms with Gasteiger partial charge in [0.05, 0.1) is 11.4 Å². The minimum absolute atomic E-state index is 0.0185. The van der Waals surface area contributed by atoms with Crippen molar-refractivity contribution in [2.75, 3.05) is 16.8 Å². The third-order valence-electron chi connectivity index (χ3n) is 3.98. The van der Waals surface area contributed by atoms with Crippen LogP contribution in [0.15, 0.2) is 6.07 Å². The SMILES string of the molecule is CC(=O)N1CCc2c(C)cc(C)c(NC(=O)C(C)(C)C)c21. The van der Waals surface area contributed by atoms with Gasteiger partial charge in [-0.1, -0.05) is 26.8 Å². The fourth-order valence-corrected chi connectivity index (χ4v) is 2.73. The molecule has 0 bridgehead atoms. The van der Waals surface area contributed by atoms with E-state index in [1.54, 1.807) is 11.8 Å². The monoisotopic (exact) mass is 288 g/mol. The summed E-state index contributed by atoms with van der Waals surface area (Å²) < 4.78 is 0. The lowest BCUT2D eigenvalue weighted by molar-refractivity contribution is -0.123. The molecule has 0 spiro atoms. The first kappa shape index (κ1) is 15.5. The Labute approximate surface area is 126 Å². The molecule has 1 aromatic carbocycles. The maximum atomic E-state index is 12.3. The zero-order valence-corrected chi connectivity index (χ0v) is 13.8. The Bertz CT molecular complexity index is 612. The van der Waals surface area contributed by atoms with Crippen LogP contribution >= 0.6 is 0 Å². The van der Waals surface area contributed by atoms with Crippen LogP contribution in [-0.2, 0) is 16.0 Å². The van der Waals surface area contributed by atoms with Crippen molar-refractivity contribution in [3.05, 3.63) is 22.8 Å². The van der Waals surface area contributed by atoms with Crippen LogP contribution in [0, 0.1) is 19.3 Å². The first-order valence-electron chi connectivity index (χ1n) is 7.35. The summed E-state index contributed by atoms with van der Waals surface area (Å²) in [5.74, 6) is -0.0166. The Morgan fingerprint density at radius 3 is 2.33 bits per heavy atom. The van der Waals surface area contributed by atoms with E-state index >= 15 is 0 Å². The number of hydrogen-bond donors (Lipinski definition) is 1. The van der Waals surface area contributed by atoms with E-state index in [9.17, 15) is 9.59 Å². The molecule has 0 saturated heterocycles. The van der Waals surface area contributed by atoms with Crippen molar-refractivity contribution in [2.45, 2.75) is 48.0 Å². The average molecular weight is 288 g/mol. The fourth-order valence-electron chi connectivity index (χ4n) is 2.73. The maximum absolute atomic E-state index is 12.3. The van der Waals surface area contributed by atoms with Gasteiger partial charge >= 0.3 is 0 Å². The van der Waals surface area contributed by atoms with Crippen LogP contribution in [0.4, 0.5) is 11.4 Å². The third-order valence-corrected chi connectivity index (χ3v) is 3.98. The molecule has 0 fully saturated rings. The normalized spacial score (nSPS) is 14.1. The number of benzene rings is 1. The summed E-state index contributed by atoms with van der Waals surface area (Å²) in [6, 6.07) is 2.08. The number of carbonyl (C=O) groups is 2. The Morgan fingerprint density at radius 2 is 1.81 bits per heavy atom. The molecule has 2 amide bonds. The van der Waals surface area contributed by atoms with Crippen LogP contribution in [0.25, 0.3) is 0 Å². The van der Waals surface area contributed by atoms with Crippen molar-refractivity contribution in [1.82, 2.24) is 0 Å². The number of anilines is 2. The van der Waals surface area contributed by atoms with Gasteiger partial charge in [-0.3, -0.25) is 9.59 Å². The van der Waals surface area contributed by atoms with E-state index in [2.05, 4.69) is 18.3 Å². The minimum Gasteiger partial charge on any atom is -0.324 e. The smallest absolute Gasteiger partial charge is 0.229 e. The van der Waals surface area contributed by atoms with Crippen molar-refractivity contribution < 1.29 is 9.59 Å². The van der Waals surface area contributed by atoms with Gasteiger partial charge in [0.25, 0.3) is 0 Å². The number of carbonyl (C=O) groups excluding carboxylic acids is 2. The molecule has 0 atom stereocenters. The molecule has 21 heavy (non-hydrogen) atoms. The molecule has 4 heteroatoms. The number of amides is 2. The van der Waals surface area contributed by atoms with Crippen LogP contribution < -0.4 is 10.2 Å². The van der Waals surface area contributed by atoms with E-state index in [1.165, 1.54) is 11.1 Å². The molecule has 2 rings (SSSR count). The minimum atomic E-state index is -0.468. The van der Waals surface area contributed by atoms with Crippen molar-refractivity contribution in [3.63, 3.8) is 0 Å². The zero-order valence-electron chi connectivity index (χ0n) is 13.8. The Morgan fingerprint density at radius 1 is 1.19 bits per heavy atom. The summed E-state index contributed by atoms with van der Waals surface area (Å²) in [6.07, 6.45) is 0.847. The van der Waals surface area contributed by atoms with Crippen molar-refractivity contribution >= 4 is 23.2 Å². The quantitative estimate of drug-likeness (QED) is 0.862. The van der Waals surface area contributed by atoms with Gasteiger partial charge < -0.3 is 10.2 Å². The highest BCUT2D eigenvalue weighted by Gasteiger charge is 2.30. The van der Waals surface area contributed by atoms with Crippen LogP contribution in [0.2, 0.25) is 0 Å². The lowest BCUT2D eigenvalue weighted by atomic mass is 9.94. The summed E-state index contributed by atoms with van der Waals surface area (Å²) in [7, 11) is 0. The summed E-state index contributed by atoms with van der Waals surface area (Å²) >= 11 is 0. The highest BCUT2D eigenvalue weighted by atomic mass is 16.2. The lowest BCUT2D eigenvalue weighted by Gasteiger charge is -2.24. The molecular formula is C17H24N2O2. The molecule has 1 aliphatic heterocycles. The highest BCUT2D eigenvalue weighted by Crippen LogP contribution is 2.40.